The molecule has 0 aliphatic heterocycles. The van der Waals surface area contributed by atoms with Crippen molar-refractivity contribution in [3.63, 3.8) is 0 Å². The number of carbonyl (C=O) groups is 2. The van der Waals surface area contributed by atoms with Crippen LogP contribution in [0.1, 0.15) is 18.1 Å². The largest absolute Gasteiger partial charge is 0.326 e. The van der Waals surface area contributed by atoms with Gasteiger partial charge in [-0.25, -0.2) is 9.67 Å². The SMILES string of the molecule is CC(=O)Nc1cccc(NC(=O)CSc2nc3c(cnn3-c3cccc(C)c3C)c(=O)[nH]2)c1. The Morgan fingerprint density at radius 1 is 1.09 bits per heavy atom. The van der Waals surface area contributed by atoms with E-state index in [4.69, 9.17) is 0 Å². The Balaban J connectivity index is 1.52. The molecule has 33 heavy (non-hydrogen) atoms. The fraction of sp³-hybridized carbons (Fsp3) is 0.174. The summed E-state index contributed by atoms with van der Waals surface area (Å²) in [5.41, 5.74) is 4.24. The van der Waals surface area contributed by atoms with Gasteiger partial charge >= 0.3 is 0 Å². The van der Waals surface area contributed by atoms with Gasteiger partial charge in [-0.1, -0.05) is 30.0 Å². The van der Waals surface area contributed by atoms with Crippen LogP contribution >= 0.6 is 11.8 Å². The van der Waals surface area contributed by atoms with Crippen LogP contribution in [-0.4, -0.2) is 37.3 Å². The van der Waals surface area contributed by atoms with Crippen LogP contribution in [0, 0.1) is 13.8 Å². The molecule has 9 nitrogen and oxygen atoms in total. The van der Waals surface area contributed by atoms with Crippen LogP contribution in [0.4, 0.5) is 11.4 Å². The fourth-order valence-corrected chi connectivity index (χ4v) is 3.97. The number of nitrogens with one attached hydrogen (secondary N) is 3. The number of rotatable bonds is 6. The normalized spacial score (nSPS) is 10.9. The first-order chi connectivity index (χ1) is 15.8. The van der Waals surface area contributed by atoms with Crippen LogP contribution in [0.25, 0.3) is 16.7 Å². The number of nitrogens with zero attached hydrogens (tertiary/aromatic N) is 3. The number of thioether (sulfide) groups is 1. The lowest BCUT2D eigenvalue weighted by molar-refractivity contribution is -0.114. The molecule has 3 N–H and O–H groups in total. The van der Waals surface area contributed by atoms with Gasteiger partial charge in [-0.05, 0) is 49.2 Å². The Morgan fingerprint density at radius 2 is 1.82 bits per heavy atom. The van der Waals surface area contributed by atoms with E-state index < -0.39 is 0 Å². The zero-order chi connectivity index (χ0) is 23.5. The zero-order valence-corrected chi connectivity index (χ0v) is 19.1. The van der Waals surface area contributed by atoms with Crippen molar-refractivity contribution < 1.29 is 9.59 Å². The highest BCUT2D eigenvalue weighted by Gasteiger charge is 2.15. The van der Waals surface area contributed by atoms with Crippen molar-refractivity contribution in [2.45, 2.75) is 25.9 Å². The van der Waals surface area contributed by atoms with E-state index in [9.17, 15) is 14.4 Å². The second kappa shape index (κ2) is 9.29. The number of aryl methyl sites for hydroxylation is 1. The van der Waals surface area contributed by atoms with Gasteiger partial charge in [0.15, 0.2) is 10.8 Å². The minimum absolute atomic E-state index is 0.0381. The Bertz CT molecular complexity index is 1430. The third-order valence-electron chi connectivity index (χ3n) is 5.03. The second-order valence-electron chi connectivity index (χ2n) is 7.48. The third kappa shape index (κ3) is 4.96. The summed E-state index contributed by atoms with van der Waals surface area (Å²) >= 11 is 1.12. The molecule has 0 unspecified atom stereocenters. The van der Waals surface area contributed by atoms with Gasteiger partial charge < -0.3 is 15.6 Å². The van der Waals surface area contributed by atoms with Gasteiger partial charge in [0, 0.05) is 18.3 Å². The molecule has 0 spiro atoms. The highest BCUT2D eigenvalue weighted by Crippen LogP contribution is 2.22. The highest BCUT2D eigenvalue weighted by molar-refractivity contribution is 7.99. The number of anilines is 2. The van der Waals surface area contributed by atoms with E-state index in [0.717, 1.165) is 28.6 Å². The molecular weight excluding hydrogens is 440 g/mol. The molecule has 2 amide bonds. The van der Waals surface area contributed by atoms with E-state index in [0.29, 0.717) is 27.6 Å². The summed E-state index contributed by atoms with van der Waals surface area (Å²) in [6.45, 7) is 5.42. The van der Waals surface area contributed by atoms with E-state index in [-0.39, 0.29) is 23.1 Å². The number of aromatic amines is 1. The number of fused-ring (bicyclic) bond motifs is 1. The van der Waals surface area contributed by atoms with Gasteiger partial charge in [-0.15, -0.1) is 0 Å². The molecule has 0 aliphatic rings. The molecule has 2 heterocycles. The minimum Gasteiger partial charge on any atom is -0.326 e. The lowest BCUT2D eigenvalue weighted by atomic mass is 10.1. The molecule has 0 saturated carbocycles. The van der Waals surface area contributed by atoms with E-state index in [1.54, 1.807) is 28.9 Å². The van der Waals surface area contributed by atoms with Crippen molar-refractivity contribution in [3.05, 3.63) is 70.1 Å². The average Bonchev–Trinajstić information content (AvgIpc) is 3.18. The Morgan fingerprint density at radius 3 is 2.58 bits per heavy atom. The first-order valence-corrected chi connectivity index (χ1v) is 11.2. The van der Waals surface area contributed by atoms with E-state index in [2.05, 4.69) is 25.7 Å². The quantitative estimate of drug-likeness (QED) is 0.298. The molecular formula is C23H22N6O3S. The molecule has 0 fully saturated rings. The van der Waals surface area contributed by atoms with Crippen molar-refractivity contribution >= 4 is 46.0 Å². The van der Waals surface area contributed by atoms with Crippen LogP contribution in [0.2, 0.25) is 0 Å². The summed E-state index contributed by atoms with van der Waals surface area (Å²) in [6, 6.07) is 12.7. The lowest BCUT2D eigenvalue weighted by Crippen LogP contribution is -2.16. The second-order valence-corrected chi connectivity index (χ2v) is 8.45. The fourth-order valence-electron chi connectivity index (χ4n) is 3.32. The summed E-state index contributed by atoms with van der Waals surface area (Å²) in [5, 5.41) is 10.5. The van der Waals surface area contributed by atoms with E-state index in [1.165, 1.54) is 13.1 Å². The molecule has 0 bridgehead atoms. The Labute approximate surface area is 193 Å². The molecule has 168 valence electrons. The molecule has 4 rings (SSSR count). The first kappa shape index (κ1) is 22.3. The molecule has 0 aliphatic carbocycles. The summed E-state index contributed by atoms with van der Waals surface area (Å²) in [7, 11) is 0. The Kier molecular flexibility index (Phi) is 6.27. The standard InChI is InChI=1S/C23H22N6O3S/c1-13-6-4-9-19(14(13)2)29-21-18(11-24-29)22(32)28-23(27-21)33-12-20(31)26-17-8-5-7-16(10-17)25-15(3)30/h4-11H,12H2,1-3H3,(H,25,30)(H,26,31)(H,27,28,32). The van der Waals surface area contributed by atoms with Crippen molar-refractivity contribution in [2.75, 3.05) is 16.4 Å². The minimum atomic E-state index is -0.317. The van der Waals surface area contributed by atoms with Crippen molar-refractivity contribution in [1.82, 2.24) is 19.7 Å². The number of hydrogen-bond donors (Lipinski definition) is 3. The van der Waals surface area contributed by atoms with Crippen LogP contribution in [-0.2, 0) is 9.59 Å². The first-order valence-electron chi connectivity index (χ1n) is 10.2. The Hall–Kier alpha value is -3.92. The monoisotopic (exact) mass is 462 g/mol. The third-order valence-corrected chi connectivity index (χ3v) is 5.90. The molecule has 2 aromatic carbocycles. The van der Waals surface area contributed by atoms with Crippen LogP contribution in [0.5, 0.6) is 0 Å². The maximum absolute atomic E-state index is 12.6. The van der Waals surface area contributed by atoms with Gasteiger partial charge in [0.1, 0.15) is 5.39 Å². The van der Waals surface area contributed by atoms with Crippen LogP contribution in [0.3, 0.4) is 0 Å². The number of benzene rings is 2. The van der Waals surface area contributed by atoms with Gasteiger partial charge in [0.25, 0.3) is 5.56 Å². The van der Waals surface area contributed by atoms with Gasteiger partial charge in [0.2, 0.25) is 11.8 Å². The van der Waals surface area contributed by atoms with Gasteiger partial charge in [-0.3, -0.25) is 14.4 Å². The van der Waals surface area contributed by atoms with E-state index in [1.807, 2.05) is 32.0 Å². The number of hydrogen-bond acceptors (Lipinski definition) is 6. The maximum atomic E-state index is 12.6. The molecule has 2 aromatic heterocycles. The molecule has 0 saturated heterocycles. The maximum Gasteiger partial charge on any atom is 0.262 e. The number of carbonyl (C=O) groups excluding carboxylic acids is 2. The molecule has 4 aromatic rings. The lowest BCUT2D eigenvalue weighted by Gasteiger charge is -2.10. The van der Waals surface area contributed by atoms with Crippen LogP contribution < -0.4 is 16.2 Å². The summed E-state index contributed by atoms with van der Waals surface area (Å²) in [4.78, 5) is 43.5. The number of aromatic nitrogens is 4. The summed E-state index contributed by atoms with van der Waals surface area (Å²) in [6.07, 6.45) is 1.49. The van der Waals surface area contributed by atoms with Gasteiger partial charge in [-0.2, -0.15) is 5.10 Å². The topological polar surface area (TPSA) is 122 Å². The number of H-pyrrole nitrogens is 1. The average molecular weight is 463 g/mol. The van der Waals surface area contributed by atoms with Crippen molar-refractivity contribution in [2.24, 2.45) is 0 Å². The van der Waals surface area contributed by atoms with Gasteiger partial charge in [0.05, 0.1) is 17.6 Å². The molecule has 0 atom stereocenters. The molecule has 10 heteroatoms. The molecule has 0 radical (unpaired) electrons. The van der Waals surface area contributed by atoms with Crippen molar-refractivity contribution in [1.29, 1.82) is 0 Å². The predicted octanol–water partition coefficient (Wildman–Crippen LogP) is 3.41. The van der Waals surface area contributed by atoms with E-state index >= 15 is 0 Å². The summed E-state index contributed by atoms with van der Waals surface area (Å²) < 4.78 is 1.64. The van der Waals surface area contributed by atoms with Crippen molar-refractivity contribution in [3.8, 4) is 5.69 Å². The summed E-state index contributed by atoms with van der Waals surface area (Å²) in [5.74, 6) is -0.429. The highest BCUT2D eigenvalue weighted by atomic mass is 32.2. The smallest absolute Gasteiger partial charge is 0.262 e. The zero-order valence-electron chi connectivity index (χ0n) is 18.3. The van der Waals surface area contributed by atoms with Crippen LogP contribution in [0.15, 0.2) is 58.6 Å². The predicted molar refractivity (Wildman–Crippen MR) is 129 cm³/mol. The number of amides is 2.